The van der Waals surface area contributed by atoms with Crippen LogP contribution in [-0.4, -0.2) is 37.3 Å². The molecule has 4 nitrogen and oxygen atoms in total. The van der Waals surface area contributed by atoms with Crippen LogP contribution in [0.2, 0.25) is 5.02 Å². The zero-order chi connectivity index (χ0) is 16.9. The molecule has 1 aromatic carbocycles. The Bertz CT molecular complexity index is 685. The second kappa shape index (κ2) is 9.36. The largest absolute Gasteiger partial charge is 0.390 e. The fourth-order valence-electron chi connectivity index (χ4n) is 2.22. The first-order valence-corrected chi connectivity index (χ1v) is 7.53. The Morgan fingerprint density at radius 1 is 1.25 bits per heavy atom. The Morgan fingerprint density at radius 2 is 1.96 bits per heavy atom. The summed E-state index contributed by atoms with van der Waals surface area (Å²) in [4.78, 5) is 7.06. The van der Waals surface area contributed by atoms with Gasteiger partial charge in [0.2, 0.25) is 0 Å². The smallest absolute Gasteiger partial charge is 0.361 e. The van der Waals surface area contributed by atoms with E-state index in [0.29, 0.717) is 23.9 Å². The second-order valence-electron chi connectivity index (χ2n) is 5.04. The maximum absolute atomic E-state index is 12.1. The molecule has 0 atom stereocenters. The third kappa shape index (κ3) is 6.39. The van der Waals surface area contributed by atoms with Crippen LogP contribution in [0.15, 0.2) is 29.4 Å². The van der Waals surface area contributed by atoms with Gasteiger partial charge in [0.25, 0.3) is 0 Å². The molecule has 0 bridgehead atoms. The average Bonchev–Trinajstić information content (AvgIpc) is 2.87. The van der Waals surface area contributed by atoms with Crippen LogP contribution in [0.1, 0.15) is 12.0 Å². The predicted octanol–water partition coefficient (Wildman–Crippen LogP) is 4.10. The SMILES string of the molecule is CN=C(NCCc1c[nH]c2ccc(Cl)cc12)NCCC(F)(F)F.I. The minimum Gasteiger partial charge on any atom is -0.361 e. The van der Waals surface area contributed by atoms with Gasteiger partial charge in [0, 0.05) is 42.3 Å². The molecule has 2 aromatic rings. The van der Waals surface area contributed by atoms with Gasteiger partial charge in [-0.05, 0) is 30.2 Å². The van der Waals surface area contributed by atoms with Crippen molar-refractivity contribution in [2.45, 2.75) is 19.0 Å². The van der Waals surface area contributed by atoms with Crippen LogP contribution in [0.25, 0.3) is 10.9 Å². The standard InChI is InChI=1S/C15H18ClF3N4.HI/c1-20-14(22-7-5-15(17,18)19)21-6-4-10-9-23-13-3-2-11(16)8-12(10)13;/h2-3,8-9,23H,4-7H2,1H3,(H2,20,21,22);1H. The highest BCUT2D eigenvalue weighted by Crippen LogP contribution is 2.22. The number of rotatable bonds is 5. The number of benzene rings is 1. The molecule has 1 heterocycles. The summed E-state index contributed by atoms with van der Waals surface area (Å²) in [7, 11) is 1.52. The van der Waals surface area contributed by atoms with Gasteiger partial charge in [-0.25, -0.2) is 0 Å². The first-order chi connectivity index (χ1) is 10.9. The number of alkyl halides is 3. The van der Waals surface area contributed by atoms with Gasteiger partial charge in [0.1, 0.15) is 0 Å². The predicted molar refractivity (Wildman–Crippen MR) is 102 cm³/mol. The Balaban J connectivity index is 0.00000288. The van der Waals surface area contributed by atoms with Crippen LogP contribution >= 0.6 is 35.6 Å². The molecular formula is C15H19ClF3IN4. The van der Waals surface area contributed by atoms with Gasteiger partial charge in [-0.1, -0.05) is 11.6 Å². The lowest BCUT2D eigenvalue weighted by atomic mass is 10.1. The summed E-state index contributed by atoms with van der Waals surface area (Å²) in [6.45, 7) is 0.344. The topological polar surface area (TPSA) is 52.2 Å². The molecule has 0 fully saturated rings. The maximum Gasteiger partial charge on any atom is 0.390 e. The van der Waals surface area contributed by atoms with Crippen LogP contribution in [0, 0.1) is 0 Å². The number of aliphatic imine (C=N–C) groups is 1. The van der Waals surface area contributed by atoms with Crippen LogP contribution in [0.4, 0.5) is 13.2 Å². The maximum atomic E-state index is 12.1. The number of nitrogens with zero attached hydrogens (tertiary/aromatic N) is 1. The molecule has 0 amide bonds. The number of fused-ring (bicyclic) bond motifs is 1. The van der Waals surface area contributed by atoms with Crippen molar-refractivity contribution in [3.05, 3.63) is 35.0 Å². The fourth-order valence-corrected chi connectivity index (χ4v) is 2.39. The number of H-pyrrole nitrogens is 1. The molecule has 2 rings (SSSR count). The lowest BCUT2D eigenvalue weighted by molar-refractivity contribution is -0.132. The number of halogens is 5. The molecule has 0 unspecified atom stereocenters. The number of aromatic amines is 1. The molecule has 0 aliphatic rings. The van der Waals surface area contributed by atoms with Crippen LogP contribution < -0.4 is 10.6 Å². The number of aromatic nitrogens is 1. The van der Waals surface area contributed by atoms with Crippen molar-refractivity contribution >= 4 is 52.4 Å². The first kappa shape index (κ1) is 20.9. The highest BCUT2D eigenvalue weighted by Gasteiger charge is 2.26. The zero-order valence-corrected chi connectivity index (χ0v) is 16.1. The van der Waals surface area contributed by atoms with Crippen molar-refractivity contribution in [1.82, 2.24) is 15.6 Å². The van der Waals surface area contributed by atoms with E-state index in [4.69, 9.17) is 11.6 Å². The lowest BCUT2D eigenvalue weighted by Crippen LogP contribution is -2.39. The van der Waals surface area contributed by atoms with Gasteiger partial charge in [-0.2, -0.15) is 13.2 Å². The summed E-state index contributed by atoms with van der Waals surface area (Å²) >= 11 is 6.00. The Hall–Kier alpha value is -1.16. The van der Waals surface area contributed by atoms with E-state index in [9.17, 15) is 13.2 Å². The number of nitrogens with one attached hydrogen (secondary N) is 3. The quantitative estimate of drug-likeness (QED) is 0.347. The fraction of sp³-hybridized carbons (Fsp3) is 0.400. The van der Waals surface area contributed by atoms with E-state index in [2.05, 4.69) is 20.6 Å². The summed E-state index contributed by atoms with van der Waals surface area (Å²) in [5, 5.41) is 7.34. The Morgan fingerprint density at radius 3 is 2.62 bits per heavy atom. The first-order valence-electron chi connectivity index (χ1n) is 7.16. The monoisotopic (exact) mass is 474 g/mol. The number of hydrogen-bond donors (Lipinski definition) is 3. The molecule has 24 heavy (non-hydrogen) atoms. The lowest BCUT2D eigenvalue weighted by Gasteiger charge is -2.12. The van der Waals surface area contributed by atoms with Crippen molar-refractivity contribution in [3.63, 3.8) is 0 Å². The van der Waals surface area contributed by atoms with E-state index < -0.39 is 12.6 Å². The third-order valence-corrected chi connectivity index (χ3v) is 3.58. The number of hydrogen-bond acceptors (Lipinski definition) is 1. The normalized spacial score (nSPS) is 12.1. The van der Waals surface area contributed by atoms with Gasteiger partial charge in [0.05, 0.1) is 6.42 Å². The Kier molecular flexibility index (Phi) is 8.14. The van der Waals surface area contributed by atoms with Crippen LogP contribution in [-0.2, 0) is 6.42 Å². The van der Waals surface area contributed by atoms with Crippen molar-refractivity contribution in [3.8, 4) is 0 Å². The van der Waals surface area contributed by atoms with E-state index in [-0.39, 0.29) is 30.5 Å². The highest BCUT2D eigenvalue weighted by molar-refractivity contribution is 14.0. The molecule has 9 heteroatoms. The number of guanidine groups is 1. The molecule has 0 radical (unpaired) electrons. The zero-order valence-electron chi connectivity index (χ0n) is 13.0. The summed E-state index contributed by atoms with van der Waals surface area (Å²) in [5.74, 6) is 0.354. The van der Waals surface area contributed by atoms with Crippen molar-refractivity contribution in [2.75, 3.05) is 20.1 Å². The van der Waals surface area contributed by atoms with Crippen molar-refractivity contribution in [1.29, 1.82) is 0 Å². The Labute approximate surface area is 160 Å². The van der Waals surface area contributed by atoms with Gasteiger partial charge in [-0.15, -0.1) is 24.0 Å². The van der Waals surface area contributed by atoms with E-state index in [1.165, 1.54) is 7.05 Å². The van der Waals surface area contributed by atoms with E-state index in [0.717, 1.165) is 16.5 Å². The molecule has 3 N–H and O–H groups in total. The van der Waals surface area contributed by atoms with Gasteiger partial charge < -0.3 is 15.6 Å². The molecule has 0 saturated carbocycles. The molecule has 0 spiro atoms. The second-order valence-corrected chi connectivity index (χ2v) is 5.48. The summed E-state index contributed by atoms with van der Waals surface area (Å²) in [6, 6.07) is 5.61. The van der Waals surface area contributed by atoms with Crippen molar-refractivity contribution in [2.24, 2.45) is 4.99 Å². The average molecular weight is 475 g/mol. The third-order valence-electron chi connectivity index (χ3n) is 3.34. The molecule has 0 aliphatic carbocycles. The molecule has 134 valence electrons. The molecule has 0 saturated heterocycles. The van der Waals surface area contributed by atoms with E-state index in [1.54, 1.807) is 0 Å². The summed E-state index contributed by atoms with van der Waals surface area (Å²) in [6.07, 6.45) is -2.47. The van der Waals surface area contributed by atoms with Crippen molar-refractivity contribution < 1.29 is 13.2 Å². The van der Waals surface area contributed by atoms with Crippen LogP contribution in [0.3, 0.4) is 0 Å². The molecule has 0 aliphatic heterocycles. The van der Waals surface area contributed by atoms with Gasteiger partial charge >= 0.3 is 6.18 Å². The highest BCUT2D eigenvalue weighted by atomic mass is 127. The van der Waals surface area contributed by atoms with Gasteiger partial charge in [0.15, 0.2) is 5.96 Å². The molecule has 1 aromatic heterocycles. The van der Waals surface area contributed by atoms with E-state index >= 15 is 0 Å². The minimum atomic E-state index is -4.17. The summed E-state index contributed by atoms with van der Waals surface area (Å²) < 4.78 is 36.3. The van der Waals surface area contributed by atoms with Gasteiger partial charge in [-0.3, -0.25) is 4.99 Å². The molecular weight excluding hydrogens is 456 g/mol. The van der Waals surface area contributed by atoms with Crippen LogP contribution in [0.5, 0.6) is 0 Å². The van der Waals surface area contributed by atoms with E-state index in [1.807, 2.05) is 24.4 Å². The minimum absolute atomic E-state index is 0. The summed E-state index contributed by atoms with van der Waals surface area (Å²) in [5.41, 5.74) is 2.08.